The molecule has 0 spiro atoms. The zero-order chi connectivity index (χ0) is 8.55. The number of fused-ring (bicyclic) bond motifs is 1. The van der Waals surface area contributed by atoms with Gasteiger partial charge in [-0.05, 0) is 22.0 Å². The summed E-state index contributed by atoms with van der Waals surface area (Å²) < 4.78 is 2.31. The molecule has 1 aromatic carbocycles. The van der Waals surface area contributed by atoms with E-state index in [1.165, 1.54) is 0 Å². The number of halogens is 1. The van der Waals surface area contributed by atoms with Gasteiger partial charge in [0, 0.05) is 5.39 Å². The van der Waals surface area contributed by atoms with Crippen LogP contribution >= 0.6 is 15.9 Å². The van der Waals surface area contributed by atoms with Gasteiger partial charge in [0.2, 0.25) is 0 Å². The molecule has 0 radical (unpaired) electrons. The molecular weight excluding hydrogens is 220 g/mol. The Morgan fingerprint density at radius 1 is 1.42 bits per heavy atom. The van der Waals surface area contributed by atoms with E-state index in [0.717, 1.165) is 15.5 Å². The topological polar surface area (TPSA) is 38.0 Å². The van der Waals surface area contributed by atoms with Crippen LogP contribution in [0.3, 0.4) is 0 Å². The van der Waals surface area contributed by atoms with Gasteiger partial charge in [-0.1, -0.05) is 18.2 Å². The molecule has 62 valence electrons. The zero-order valence-electron chi connectivity index (χ0n) is 6.24. The molecule has 1 heterocycles. The summed E-state index contributed by atoms with van der Waals surface area (Å²) in [6.45, 7) is -0.0912. The van der Waals surface area contributed by atoms with Crippen molar-refractivity contribution < 1.29 is 5.11 Å². The van der Waals surface area contributed by atoms with Crippen molar-refractivity contribution in [1.82, 2.24) is 9.78 Å². The second-order valence-electron chi connectivity index (χ2n) is 2.45. The maximum absolute atomic E-state index is 8.93. The Balaban J connectivity index is 2.82. The highest BCUT2D eigenvalue weighted by Crippen LogP contribution is 2.22. The number of hydrogen-bond donors (Lipinski definition) is 1. The Labute approximate surface area is 77.7 Å². The second-order valence-corrected chi connectivity index (χ2v) is 3.20. The first-order valence-electron chi connectivity index (χ1n) is 3.55. The van der Waals surface area contributed by atoms with Crippen LogP contribution in [0.1, 0.15) is 0 Å². The largest absolute Gasteiger partial charge is 0.374 e. The maximum Gasteiger partial charge on any atom is 0.136 e. The molecule has 0 saturated carbocycles. The number of nitrogens with zero attached hydrogens (tertiary/aromatic N) is 2. The van der Waals surface area contributed by atoms with Crippen LogP contribution in [0, 0.1) is 0 Å². The third-order valence-electron chi connectivity index (χ3n) is 1.75. The molecule has 1 aromatic heterocycles. The number of aromatic nitrogens is 2. The third-order valence-corrected chi connectivity index (χ3v) is 2.33. The number of rotatable bonds is 1. The lowest BCUT2D eigenvalue weighted by Crippen LogP contribution is -1.97. The van der Waals surface area contributed by atoms with Crippen molar-refractivity contribution >= 4 is 26.8 Å². The lowest BCUT2D eigenvalue weighted by Gasteiger charge is -1.94. The van der Waals surface area contributed by atoms with Gasteiger partial charge in [-0.2, -0.15) is 5.10 Å². The Hall–Kier alpha value is -0.870. The van der Waals surface area contributed by atoms with Crippen molar-refractivity contribution in [1.29, 1.82) is 0 Å². The normalized spacial score (nSPS) is 10.8. The highest BCUT2D eigenvalue weighted by molar-refractivity contribution is 9.10. The molecule has 0 bridgehead atoms. The van der Waals surface area contributed by atoms with Gasteiger partial charge in [-0.3, -0.25) is 0 Å². The molecule has 0 unspecified atom stereocenters. The van der Waals surface area contributed by atoms with E-state index in [1.54, 1.807) is 4.68 Å². The van der Waals surface area contributed by atoms with E-state index in [0.29, 0.717) is 0 Å². The monoisotopic (exact) mass is 226 g/mol. The minimum Gasteiger partial charge on any atom is -0.374 e. The molecular formula is C8H7BrN2O. The average Bonchev–Trinajstić information content (AvgIpc) is 2.44. The second kappa shape index (κ2) is 2.88. The fourth-order valence-corrected chi connectivity index (χ4v) is 1.72. The van der Waals surface area contributed by atoms with E-state index in [-0.39, 0.29) is 6.73 Å². The number of aliphatic hydroxyl groups is 1. The van der Waals surface area contributed by atoms with Crippen LogP contribution in [-0.4, -0.2) is 14.9 Å². The van der Waals surface area contributed by atoms with Crippen LogP contribution in [0.25, 0.3) is 10.9 Å². The highest BCUT2D eigenvalue weighted by Gasteiger charge is 2.05. The molecule has 0 aliphatic heterocycles. The quantitative estimate of drug-likeness (QED) is 0.805. The Morgan fingerprint density at radius 3 is 2.92 bits per heavy atom. The molecule has 0 saturated heterocycles. The van der Waals surface area contributed by atoms with Crippen molar-refractivity contribution in [2.75, 3.05) is 0 Å². The Morgan fingerprint density at radius 2 is 2.17 bits per heavy atom. The van der Waals surface area contributed by atoms with E-state index in [1.807, 2.05) is 24.3 Å². The molecule has 4 heteroatoms. The van der Waals surface area contributed by atoms with E-state index < -0.39 is 0 Å². The Kier molecular flexibility index (Phi) is 1.86. The third kappa shape index (κ3) is 1.04. The van der Waals surface area contributed by atoms with Crippen LogP contribution in [0.4, 0.5) is 0 Å². The summed E-state index contributed by atoms with van der Waals surface area (Å²) in [6, 6.07) is 7.74. The zero-order valence-corrected chi connectivity index (χ0v) is 7.82. The minimum atomic E-state index is -0.0912. The molecule has 2 rings (SSSR count). The van der Waals surface area contributed by atoms with E-state index in [4.69, 9.17) is 5.11 Å². The predicted molar refractivity (Wildman–Crippen MR) is 49.7 cm³/mol. The SMILES string of the molecule is OCn1nc(Br)c2ccccc21. The van der Waals surface area contributed by atoms with Gasteiger partial charge >= 0.3 is 0 Å². The van der Waals surface area contributed by atoms with E-state index in [9.17, 15) is 0 Å². The van der Waals surface area contributed by atoms with Crippen molar-refractivity contribution in [3.05, 3.63) is 28.9 Å². The number of hydrogen-bond acceptors (Lipinski definition) is 2. The average molecular weight is 227 g/mol. The van der Waals surface area contributed by atoms with E-state index >= 15 is 0 Å². The summed E-state index contributed by atoms with van der Waals surface area (Å²) in [7, 11) is 0. The molecule has 0 aliphatic carbocycles. The van der Waals surface area contributed by atoms with Crippen molar-refractivity contribution in [3.63, 3.8) is 0 Å². The van der Waals surface area contributed by atoms with Crippen LogP contribution in [0.5, 0.6) is 0 Å². The number of para-hydroxylation sites is 1. The van der Waals surface area contributed by atoms with Gasteiger partial charge in [0.25, 0.3) is 0 Å². The van der Waals surface area contributed by atoms with Gasteiger partial charge in [0.1, 0.15) is 11.3 Å². The standard InChI is InChI=1S/C8H7BrN2O/c9-8-6-3-1-2-4-7(6)11(5-12)10-8/h1-4,12H,5H2. The van der Waals surface area contributed by atoms with Gasteiger partial charge in [0.15, 0.2) is 0 Å². The molecule has 3 nitrogen and oxygen atoms in total. The van der Waals surface area contributed by atoms with E-state index in [2.05, 4.69) is 21.0 Å². The first-order chi connectivity index (χ1) is 5.83. The summed E-state index contributed by atoms with van der Waals surface area (Å²) in [5.41, 5.74) is 0.937. The van der Waals surface area contributed by atoms with Gasteiger partial charge < -0.3 is 5.11 Å². The van der Waals surface area contributed by atoms with Crippen LogP contribution in [-0.2, 0) is 6.73 Å². The maximum atomic E-state index is 8.93. The number of benzene rings is 1. The molecule has 12 heavy (non-hydrogen) atoms. The van der Waals surface area contributed by atoms with Gasteiger partial charge in [0.05, 0.1) is 5.52 Å². The number of aliphatic hydroxyl groups excluding tert-OH is 1. The Bertz CT molecular complexity index is 410. The lowest BCUT2D eigenvalue weighted by molar-refractivity contribution is 0.200. The lowest BCUT2D eigenvalue weighted by atomic mass is 10.3. The van der Waals surface area contributed by atoms with Crippen LogP contribution in [0.15, 0.2) is 28.9 Å². The summed E-state index contributed by atoms with van der Waals surface area (Å²) in [5, 5.41) is 14.0. The summed E-state index contributed by atoms with van der Waals surface area (Å²) in [6.07, 6.45) is 0. The van der Waals surface area contributed by atoms with Crippen LogP contribution in [0.2, 0.25) is 0 Å². The summed E-state index contributed by atoms with van der Waals surface area (Å²) >= 11 is 3.32. The van der Waals surface area contributed by atoms with Crippen molar-refractivity contribution in [2.24, 2.45) is 0 Å². The van der Waals surface area contributed by atoms with Gasteiger partial charge in [-0.15, -0.1) is 0 Å². The highest BCUT2D eigenvalue weighted by atomic mass is 79.9. The van der Waals surface area contributed by atoms with Crippen LogP contribution < -0.4 is 0 Å². The minimum absolute atomic E-state index is 0.0912. The van der Waals surface area contributed by atoms with Crippen molar-refractivity contribution in [3.8, 4) is 0 Å². The summed E-state index contributed by atoms with van der Waals surface area (Å²) in [4.78, 5) is 0. The molecule has 0 atom stereocenters. The summed E-state index contributed by atoms with van der Waals surface area (Å²) in [5.74, 6) is 0. The first kappa shape index (κ1) is 7.76. The molecule has 0 amide bonds. The smallest absolute Gasteiger partial charge is 0.136 e. The first-order valence-corrected chi connectivity index (χ1v) is 4.34. The van der Waals surface area contributed by atoms with Gasteiger partial charge in [-0.25, -0.2) is 4.68 Å². The molecule has 1 N–H and O–H groups in total. The van der Waals surface area contributed by atoms with Crippen molar-refractivity contribution in [2.45, 2.75) is 6.73 Å². The molecule has 2 aromatic rings. The molecule has 0 fully saturated rings. The predicted octanol–water partition coefficient (Wildman–Crippen LogP) is 1.75. The molecule has 0 aliphatic rings. The fourth-order valence-electron chi connectivity index (χ4n) is 1.19. The fraction of sp³-hybridized carbons (Fsp3) is 0.125.